The molecule has 7 heteroatoms. The summed E-state index contributed by atoms with van der Waals surface area (Å²) in [6, 6.07) is 55.2. The first-order chi connectivity index (χ1) is 26.7. The zero-order valence-electron chi connectivity index (χ0n) is 28.6. The van der Waals surface area contributed by atoms with Gasteiger partial charge < -0.3 is 4.57 Å². The first kappa shape index (κ1) is 31.3. The number of hydrogen-bond donors (Lipinski definition) is 0. The number of benzene rings is 7. The summed E-state index contributed by atoms with van der Waals surface area (Å²) in [5, 5.41) is 14.4. The van der Waals surface area contributed by atoms with Gasteiger partial charge in [0, 0.05) is 53.2 Å². The number of nitrogens with zero attached hydrogens (tertiary/aromatic N) is 6. The van der Waals surface area contributed by atoms with Gasteiger partial charge in [0.05, 0.1) is 29.4 Å². The number of hydrogen-bond acceptors (Lipinski definition) is 5. The van der Waals surface area contributed by atoms with E-state index in [1.54, 1.807) is 11.3 Å². The summed E-state index contributed by atoms with van der Waals surface area (Å²) >= 11 is 1.79. The van der Waals surface area contributed by atoms with Crippen molar-refractivity contribution in [1.29, 1.82) is 5.26 Å². The monoisotopic (exact) mass is 706 g/mol. The van der Waals surface area contributed by atoms with Crippen LogP contribution in [0.2, 0.25) is 0 Å². The van der Waals surface area contributed by atoms with Crippen molar-refractivity contribution in [2.45, 2.75) is 0 Å². The molecule has 3 aromatic heterocycles. The summed E-state index contributed by atoms with van der Waals surface area (Å²) in [5.41, 5.74) is 8.29. The van der Waals surface area contributed by atoms with E-state index in [0.29, 0.717) is 28.7 Å². The molecule has 7 aromatic carbocycles. The Hall–Kier alpha value is -7.45. The fourth-order valence-electron chi connectivity index (χ4n) is 7.39. The molecule has 0 fully saturated rings. The minimum Gasteiger partial charge on any atom is -0.310 e. The lowest BCUT2D eigenvalue weighted by molar-refractivity contribution is 1.06. The number of aromatic nitrogens is 4. The van der Waals surface area contributed by atoms with E-state index in [9.17, 15) is 5.26 Å². The summed E-state index contributed by atoms with van der Waals surface area (Å²) in [7, 11) is 0. The van der Waals surface area contributed by atoms with Crippen LogP contribution in [0, 0.1) is 17.9 Å². The average molecular weight is 707 g/mol. The number of rotatable bonds is 5. The Morgan fingerprint density at radius 2 is 1.19 bits per heavy atom. The van der Waals surface area contributed by atoms with Crippen molar-refractivity contribution in [3.05, 3.63) is 175 Å². The van der Waals surface area contributed by atoms with Crippen LogP contribution in [-0.2, 0) is 0 Å². The maximum absolute atomic E-state index is 10.0. The lowest BCUT2D eigenvalue weighted by Gasteiger charge is -2.17. The Kier molecular flexibility index (Phi) is 7.33. The van der Waals surface area contributed by atoms with Crippen molar-refractivity contribution in [3.63, 3.8) is 0 Å². The summed E-state index contributed by atoms with van der Waals surface area (Å²) in [6.45, 7) is 7.86. The third-order valence-electron chi connectivity index (χ3n) is 9.90. The maximum Gasteiger partial charge on any atom is 0.189 e. The zero-order valence-corrected chi connectivity index (χ0v) is 29.4. The Morgan fingerprint density at radius 1 is 0.537 bits per heavy atom. The molecule has 0 aliphatic rings. The molecule has 0 unspecified atom stereocenters. The molecule has 6 nitrogen and oxygen atoms in total. The molecule has 0 saturated carbocycles. The molecule has 250 valence electrons. The molecule has 0 radical (unpaired) electrons. The van der Waals surface area contributed by atoms with Crippen molar-refractivity contribution in [2.24, 2.45) is 0 Å². The van der Waals surface area contributed by atoms with Crippen LogP contribution in [0.3, 0.4) is 0 Å². The Labute approximate surface area is 314 Å². The van der Waals surface area contributed by atoms with E-state index < -0.39 is 0 Å². The standard InChI is InChI=1S/C47H26N6S/c1-49-33-21-23-36-35-22-19-29(28-48)25-41(35)53(42(36)27-33)40-24-20-32(34-16-10-17-38-37-15-8-9-18-43(37)54-44(34)38)26-39(40)47-51-45(30-11-4-2-5-12-30)50-46(52-47)31-13-6-3-7-14-31/h2-27H. The number of nitriles is 1. The number of thiophene rings is 1. The van der Waals surface area contributed by atoms with E-state index in [1.165, 1.54) is 20.2 Å². The second kappa shape index (κ2) is 12.6. The molecule has 0 aliphatic carbocycles. The smallest absolute Gasteiger partial charge is 0.189 e. The molecule has 10 aromatic rings. The lowest BCUT2D eigenvalue weighted by Crippen LogP contribution is -2.04. The van der Waals surface area contributed by atoms with Crippen LogP contribution in [0.5, 0.6) is 0 Å². The maximum atomic E-state index is 10.0. The molecular formula is C47H26N6S. The molecule has 0 aliphatic heterocycles. The second-order valence-corrected chi connectivity index (χ2v) is 14.1. The van der Waals surface area contributed by atoms with Crippen molar-refractivity contribution >= 4 is 59.0 Å². The predicted octanol–water partition coefficient (Wildman–Crippen LogP) is 12.4. The number of fused-ring (bicyclic) bond motifs is 6. The van der Waals surface area contributed by atoms with Crippen molar-refractivity contribution in [3.8, 4) is 57.0 Å². The van der Waals surface area contributed by atoms with Crippen LogP contribution in [-0.4, -0.2) is 19.5 Å². The average Bonchev–Trinajstić information content (AvgIpc) is 3.79. The van der Waals surface area contributed by atoms with Crippen LogP contribution in [0.4, 0.5) is 5.69 Å². The molecule has 54 heavy (non-hydrogen) atoms. The van der Waals surface area contributed by atoms with Gasteiger partial charge in [0.1, 0.15) is 0 Å². The SMILES string of the molecule is [C-]#[N+]c1ccc2c3ccc(C#N)cc3n(-c3ccc(-c4cccc5c4sc4ccccc45)cc3-c3nc(-c4ccccc4)nc(-c4ccccc4)n3)c2c1. The van der Waals surface area contributed by atoms with E-state index >= 15 is 0 Å². The molecule has 0 atom stereocenters. The van der Waals surface area contributed by atoms with Gasteiger partial charge in [-0.05, 0) is 47.5 Å². The van der Waals surface area contributed by atoms with Crippen LogP contribution in [0.1, 0.15) is 5.56 Å². The quantitative estimate of drug-likeness (QED) is 0.167. The predicted molar refractivity (Wildman–Crippen MR) is 220 cm³/mol. The topological polar surface area (TPSA) is 71.8 Å². The molecule has 3 heterocycles. The van der Waals surface area contributed by atoms with Crippen molar-refractivity contribution in [2.75, 3.05) is 0 Å². The van der Waals surface area contributed by atoms with Crippen LogP contribution >= 0.6 is 11.3 Å². The van der Waals surface area contributed by atoms with Crippen LogP contribution in [0.25, 0.3) is 97.8 Å². The van der Waals surface area contributed by atoms with Gasteiger partial charge in [-0.1, -0.05) is 121 Å². The fraction of sp³-hybridized carbons (Fsp3) is 0. The van der Waals surface area contributed by atoms with Crippen LogP contribution < -0.4 is 0 Å². The zero-order chi connectivity index (χ0) is 36.2. The molecule has 10 rings (SSSR count). The van der Waals surface area contributed by atoms with Gasteiger partial charge in [-0.2, -0.15) is 5.26 Å². The van der Waals surface area contributed by atoms with E-state index in [0.717, 1.165) is 55.3 Å². The molecule has 0 saturated heterocycles. The van der Waals surface area contributed by atoms with Gasteiger partial charge in [-0.25, -0.2) is 19.8 Å². The largest absolute Gasteiger partial charge is 0.310 e. The lowest BCUT2D eigenvalue weighted by atomic mass is 9.99. The van der Waals surface area contributed by atoms with Crippen LogP contribution in [0.15, 0.2) is 158 Å². The van der Waals surface area contributed by atoms with Gasteiger partial charge in [-0.15, -0.1) is 11.3 Å². The first-order valence-corrected chi connectivity index (χ1v) is 18.3. The highest BCUT2D eigenvalue weighted by atomic mass is 32.1. The summed E-state index contributed by atoms with van der Waals surface area (Å²) < 4.78 is 4.59. The van der Waals surface area contributed by atoms with E-state index in [-0.39, 0.29) is 0 Å². The first-order valence-electron chi connectivity index (χ1n) is 17.4. The van der Waals surface area contributed by atoms with Gasteiger partial charge in [0.15, 0.2) is 23.2 Å². The summed E-state index contributed by atoms with van der Waals surface area (Å²) in [4.78, 5) is 19.2. The molecule has 0 amide bonds. The second-order valence-electron chi connectivity index (χ2n) is 13.0. The van der Waals surface area contributed by atoms with E-state index in [1.807, 2.05) is 97.1 Å². The highest BCUT2D eigenvalue weighted by Crippen LogP contribution is 2.43. The van der Waals surface area contributed by atoms with Gasteiger partial charge in [0.25, 0.3) is 0 Å². The minimum atomic E-state index is 0.510. The molecular weight excluding hydrogens is 681 g/mol. The summed E-state index contributed by atoms with van der Waals surface area (Å²) in [6.07, 6.45) is 0. The van der Waals surface area contributed by atoms with Gasteiger partial charge >= 0.3 is 0 Å². The van der Waals surface area contributed by atoms with E-state index in [4.69, 9.17) is 21.5 Å². The molecule has 0 spiro atoms. The van der Waals surface area contributed by atoms with Crippen molar-refractivity contribution in [1.82, 2.24) is 19.5 Å². The van der Waals surface area contributed by atoms with Gasteiger partial charge in [0.2, 0.25) is 0 Å². The normalized spacial score (nSPS) is 11.3. The Bertz CT molecular complexity index is 3060. The minimum absolute atomic E-state index is 0.510. The third-order valence-corrected chi connectivity index (χ3v) is 11.1. The van der Waals surface area contributed by atoms with E-state index in [2.05, 4.69) is 76.1 Å². The highest BCUT2D eigenvalue weighted by Gasteiger charge is 2.22. The molecule has 0 N–H and O–H groups in total. The molecule has 0 bridgehead atoms. The van der Waals surface area contributed by atoms with Gasteiger partial charge in [-0.3, -0.25) is 0 Å². The Balaban J connectivity index is 1.32. The third kappa shape index (κ3) is 5.11. The van der Waals surface area contributed by atoms with Crippen molar-refractivity contribution < 1.29 is 0 Å². The highest BCUT2D eigenvalue weighted by molar-refractivity contribution is 7.26. The summed E-state index contributed by atoms with van der Waals surface area (Å²) in [5.74, 6) is 1.63. The Morgan fingerprint density at radius 3 is 1.91 bits per heavy atom. The fourth-order valence-corrected chi connectivity index (χ4v) is 8.63.